The Labute approximate surface area is 188 Å². The second-order valence-electron chi connectivity index (χ2n) is 7.11. The molecule has 0 atom stereocenters. The van der Waals surface area contributed by atoms with E-state index in [4.69, 9.17) is 9.84 Å². The van der Waals surface area contributed by atoms with Gasteiger partial charge in [-0.15, -0.1) is 6.58 Å². The molecule has 32 heavy (non-hydrogen) atoms. The molecular weight excluding hydrogens is 400 g/mol. The molecule has 1 N–H and O–H groups in total. The van der Waals surface area contributed by atoms with Crippen molar-refractivity contribution in [3.63, 3.8) is 0 Å². The van der Waals surface area contributed by atoms with Gasteiger partial charge in [-0.05, 0) is 36.8 Å². The van der Waals surface area contributed by atoms with Gasteiger partial charge in [0.1, 0.15) is 23.1 Å². The van der Waals surface area contributed by atoms with Crippen molar-refractivity contribution in [1.82, 2.24) is 15.1 Å². The van der Waals surface area contributed by atoms with Crippen LogP contribution in [0.4, 0.5) is 0 Å². The molecule has 3 rings (SSSR count). The first-order valence-corrected chi connectivity index (χ1v) is 10.6. The lowest BCUT2D eigenvalue weighted by Crippen LogP contribution is -2.24. The molecule has 1 amide bonds. The maximum atomic E-state index is 12.4. The van der Waals surface area contributed by atoms with Crippen LogP contribution in [0.15, 0.2) is 79.0 Å². The van der Waals surface area contributed by atoms with E-state index < -0.39 is 5.91 Å². The number of carbonyl (C=O) groups is 1. The number of para-hydroxylation sites is 1. The highest BCUT2D eigenvalue weighted by Gasteiger charge is 2.15. The van der Waals surface area contributed by atoms with Crippen molar-refractivity contribution in [1.29, 1.82) is 5.26 Å². The maximum Gasteiger partial charge on any atom is 0.262 e. The van der Waals surface area contributed by atoms with Crippen LogP contribution in [0.2, 0.25) is 0 Å². The fraction of sp³-hybridized carbons (Fsp3) is 0.192. The van der Waals surface area contributed by atoms with Crippen LogP contribution >= 0.6 is 0 Å². The van der Waals surface area contributed by atoms with Crippen LogP contribution in [0.25, 0.3) is 23.0 Å². The fourth-order valence-electron chi connectivity index (χ4n) is 3.06. The Morgan fingerprint density at radius 3 is 2.78 bits per heavy atom. The Kier molecular flexibility index (Phi) is 7.99. The van der Waals surface area contributed by atoms with Gasteiger partial charge in [0.2, 0.25) is 0 Å². The number of carbonyl (C=O) groups excluding carboxylic acids is 1. The second-order valence-corrected chi connectivity index (χ2v) is 7.11. The van der Waals surface area contributed by atoms with Crippen LogP contribution in [0, 0.1) is 11.3 Å². The van der Waals surface area contributed by atoms with Gasteiger partial charge in [-0.1, -0.05) is 49.8 Å². The average molecular weight is 427 g/mol. The minimum atomic E-state index is -0.456. The van der Waals surface area contributed by atoms with Crippen LogP contribution in [-0.4, -0.2) is 28.8 Å². The van der Waals surface area contributed by atoms with Gasteiger partial charge in [-0.3, -0.25) is 4.79 Å². The van der Waals surface area contributed by atoms with E-state index in [2.05, 4.69) is 18.8 Å². The Balaban J connectivity index is 2.05. The largest absolute Gasteiger partial charge is 0.494 e. The van der Waals surface area contributed by atoms with Crippen molar-refractivity contribution in [3.05, 3.63) is 84.6 Å². The van der Waals surface area contributed by atoms with Gasteiger partial charge < -0.3 is 10.1 Å². The monoisotopic (exact) mass is 426 g/mol. The van der Waals surface area contributed by atoms with Gasteiger partial charge in [-0.25, -0.2) is 4.68 Å². The molecule has 0 spiro atoms. The molecule has 3 aromatic rings. The van der Waals surface area contributed by atoms with E-state index >= 15 is 0 Å². The molecule has 0 fully saturated rings. The Bertz CT molecular complexity index is 1140. The predicted octanol–water partition coefficient (Wildman–Crippen LogP) is 4.93. The van der Waals surface area contributed by atoms with Crippen LogP contribution in [-0.2, 0) is 4.79 Å². The van der Waals surface area contributed by atoms with Crippen molar-refractivity contribution in [2.45, 2.75) is 19.8 Å². The SMILES string of the molecule is C=CCNC(=O)/C(C#N)=C\c1cn(-c2ccccc2)nc1-c1cccc(OCCCC)c1. The number of benzene rings is 2. The molecule has 0 saturated carbocycles. The van der Waals surface area contributed by atoms with Gasteiger partial charge >= 0.3 is 0 Å². The average Bonchev–Trinajstić information content (AvgIpc) is 3.26. The first kappa shape index (κ1) is 22.6. The molecule has 0 aliphatic rings. The van der Waals surface area contributed by atoms with Crippen LogP contribution < -0.4 is 10.1 Å². The minimum Gasteiger partial charge on any atom is -0.494 e. The summed E-state index contributed by atoms with van der Waals surface area (Å²) in [6, 6.07) is 19.3. The summed E-state index contributed by atoms with van der Waals surface area (Å²) in [4.78, 5) is 12.4. The molecule has 0 bridgehead atoms. The number of nitrogens with zero attached hydrogens (tertiary/aromatic N) is 3. The molecule has 162 valence electrons. The summed E-state index contributed by atoms with van der Waals surface area (Å²) >= 11 is 0. The van der Waals surface area contributed by atoms with Crippen LogP contribution in [0.3, 0.4) is 0 Å². The van der Waals surface area contributed by atoms with Crippen LogP contribution in [0.1, 0.15) is 25.3 Å². The summed E-state index contributed by atoms with van der Waals surface area (Å²) < 4.78 is 7.59. The molecular formula is C26H26N4O2. The Morgan fingerprint density at radius 1 is 1.25 bits per heavy atom. The maximum absolute atomic E-state index is 12.4. The molecule has 0 unspecified atom stereocenters. The number of rotatable bonds is 10. The minimum absolute atomic E-state index is 0.00365. The van der Waals surface area contributed by atoms with E-state index in [1.165, 1.54) is 0 Å². The number of nitrogens with one attached hydrogen (secondary N) is 1. The van der Waals surface area contributed by atoms with E-state index in [9.17, 15) is 10.1 Å². The number of amides is 1. The van der Waals surface area contributed by atoms with Gasteiger partial charge in [0.05, 0.1) is 12.3 Å². The van der Waals surface area contributed by atoms with Gasteiger partial charge in [-0.2, -0.15) is 10.4 Å². The predicted molar refractivity (Wildman–Crippen MR) is 126 cm³/mol. The molecule has 1 aromatic heterocycles. The molecule has 0 aliphatic heterocycles. The molecule has 0 aliphatic carbocycles. The fourth-order valence-corrected chi connectivity index (χ4v) is 3.06. The van der Waals surface area contributed by atoms with Crippen LogP contribution in [0.5, 0.6) is 5.75 Å². The van der Waals surface area contributed by atoms with Crippen molar-refractivity contribution < 1.29 is 9.53 Å². The second kappa shape index (κ2) is 11.3. The zero-order valence-corrected chi connectivity index (χ0v) is 18.1. The Hall–Kier alpha value is -4.11. The smallest absolute Gasteiger partial charge is 0.262 e. The molecule has 0 saturated heterocycles. The summed E-state index contributed by atoms with van der Waals surface area (Å²) in [5, 5.41) is 17.0. The molecule has 6 heteroatoms. The topological polar surface area (TPSA) is 79.9 Å². The summed E-state index contributed by atoms with van der Waals surface area (Å²) in [6.07, 6.45) is 6.97. The highest BCUT2D eigenvalue weighted by atomic mass is 16.5. The zero-order valence-electron chi connectivity index (χ0n) is 18.1. The summed E-state index contributed by atoms with van der Waals surface area (Å²) in [5.74, 6) is 0.298. The number of aromatic nitrogens is 2. The third-order valence-corrected chi connectivity index (χ3v) is 4.71. The van der Waals surface area contributed by atoms with Crippen molar-refractivity contribution in [2.24, 2.45) is 0 Å². The quantitative estimate of drug-likeness (QED) is 0.216. The van der Waals surface area contributed by atoms with E-state index in [1.807, 2.05) is 66.9 Å². The highest BCUT2D eigenvalue weighted by molar-refractivity contribution is 6.02. The third-order valence-electron chi connectivity index (χ3n) is 4.71. The highest BCUT2D eigenvalue weighted by Crippen LogP contribution is 2.28. The normalized spacial score (nSPS) is 10.9. The number of hydrogen-bond acceptors (Lipinski definition) is 4. The zero-order chi connectivity index (χ0) is 22.8. The van der Waals surface area contributed by atoms with Crippen molar-refractivity contribution >= 4 is 12.0 Å². The lowest BCUT2D eigenvalue weighted by molar-refractivity contribution is -0.116. The third kappa shape index (κ3) is 5.73. The lowest BCUT2D eigenvalue weighted by atomic mass is 10.1. The van der Waals surface area contributed by atoms with E-state index in [-0.39, 0.29) is 12.1 Å². The standard InChI is InChI=1S/C26H26N4O2/c1-3-5-15-32-24-13-9-10-20(17-24)25-22(16-21(18-27)26(31)28-14-4-2)19-30(29-25)23-11-7-6-8-12-23/h4,6-13,16-17,19H,2-3,5,14-15H2,1H3,(H,28,31)/b21-16-. The van der Waals surface area contributed by atoms with Gasteiger partial charge in [0.25, 0.3) is 5.91 Å². The summed E-state index contributed by atoms with van der Waals surface area (Å²) in [6.45, 7) is 6.63. The summed E-state index contributed by atoms with van der Waals surface area (Å²) in [7, 11) is 0. The molecule has 6 nitrogen and oxygen atoms in total. The van der Waals surface area contributed by atoms with E-state index in [0.29, 0.717) is 17.9 Å². The molecule has 0 radical (unpaired) electrons. The van der Waals surface area contributed by atoms with Crippen molar-refractivity contribution in [3.8, 4) is 28.8 Å². The number of unbranched alkanes of at least 4 members (excludes halogenated alkanes) is 1. The number of hydrogen-bond donors (Lipinski definition) is 1. The first-order chi connectivity index (χ1) is 15.7. The lowest BCUT2D eigenvalue weighted by Gasteiger charge is -2.07. The van der Waals surface area contributed by atoms with E-state index in [1.54, 1.807) is 16.8 Å². The molecule has 1 heterocycles. The number of ether oxygens (including phenoxy) is 1. The first-order valence-electron chi connectivity index (χ1n) is 10.6. The Morgan fingerprint density at radius 2 is 2.06 bits per heavy atom. The van der Waals surface area contributed by atoms with Gasteiger partial charge in [0, 0.05) is 23.9 Å². The summed E-state index contributed by atoms with van der Waals surface area (Å²) in [5.41, 5.74) is 3.02. The number of nitriles is 1. The van der Waals surface area contributed by atoms with Crippen molar-refractivity contribution in [2.75, 3.05) is 13.2 Å². The molecule has 2 aromatic carbocycles. The van der Waals surface area contributed by atoms with Gasteiger partial charge in [0.15, 0.2) is 0 Å². The van der Waals surface area contributed by atoms with E-state index in [0.717, 1.165) is 29.8 Å².